The van der Waals surface area contributed by atoms with Crippen LogP contribution in [0.4, 0.5) is 0 Å². The van der Waals surface area contributed by atoms with Crippen LogP contribution in [0.5, 0.6) is 0 Å². The van der Waals surface area contributed by atoms with Gasteiger partial charge in [0.05, 0.1) is 0 Å². The number of hydrogen-bond donors (Lipinski definition) is 1. The first kappa shape index (κ1) is 14.3. The predicted molar refractivity (Wildman–Crippen MR) is 78.9 cm³/mol. The summed E-state index contributed by atoms with van der Waals surface area (Å²) in [5.41, 5.74) is 0. The summed E-state index contributed by atoms with van der Waals surface area (Å²) in [4.78, 5) is 2.66. The van der Waals surface area contributed by atoms with E-state index >= 15 is 0 Å². The largest absolute Gasteiger partial charge is 0.313 e. The molecule has 2 heteroatoms. The van der Waals surface area contributed by atoms with Crippen LogP contribution in [0.25, 0.3) is 0 Å². The Morgan fingerprint density at radius 1 is 0.944 bits per heavy atom. The highest BCUT2D eigenvalue weighted by atomic mass is 15.1. The molecular formula is C16H32N2. The van der Waals surface area contributed by atoms with Crippen molar-refractivity contribution in [2.45, 2.75) is 64.8 Å². The Morgan fingerprint density at radius 3 is 2.33 bits per heavy atom. The number of hydrogen-bond acceptors (Lipinski definition) is 2. The van der Waals surface area contributed by atoms with Crippen LogP contribution in [0.3, 0.4) is 0 Å². The summed E-state index contributed by atoms with van der Waals surface area (Å²) in [6.45, 7) is 9.91. The van der Waals surface area contributed by atoms with Gasteiger partial charge < -0.3 is 10.2 Å². The number of nitrogens with one attached hydrogen (secondary N) is 1. The van der Waals surface area contributed by atoms with Gasteiger partial charge in [-0.3, -0.25) is 0 Å². The molecule has 0 bridgehead atoms. The maximum atomic E-state index is 3.79. The standard InChI is InChI=1S/C16H32N2/c1-14-9-11-18(13-15(14)2)12-10-17-16-7-5-3-4-6-8-16/h14-17H,3-13H2,1-2H3. The molecule has 0 aromatic carbocycles. The third kappa shape index (κ3) is 4.55. The third-order valence-electron chi connectivity index (χ3n) is 5.13. The molecule has 1 saturated heterocycles. The molecular weight excluding hydrogens is 220 g/mol. The normalized spacial score (nSPS) is 32.3. The van der Waals surface area contributed by atoms with Gasteiger partial charge in [0.2, 0.25) is 0 Å². The second kappa shape index (κ2) is 7.49. The van der Waals surface area contributed by atoms with Crippen molar-refractivity contribution in [3.05, 3.63) is 0 Å². The monoisotopic (exact) mass is 252 g/mol. The second-order valence-corrected chi connectivity index (χ2v) is 6.69. The highest BCUT2D eigenvalue weighted by Crippen LogP contribution is 2.22. The molecule has 2 unspecified atom stereocenters. The SMILES string of the molecule is CC1CCN(CCNC2CCCCCC2)CC1C. The van der Waals surface area contributed by atoms with Crippen LogP contribution >= 0.6 is 0 Å². The van der Waals surface area contributed by atoms with Crippen molar-refractivity contribution >= 4 is 0 Å². The van der Waals surface area contributed by atoms with Gasteiger partial charge in [0.15, 0.2) is 0 Å². The lowest BCUT2D eigenvalue weighted by molar-refractivity contribution is 0.138. The molecule has 106 valence electrons. The van der Waals surface area contributed by atoms with E-state index in [1.54, 1.807) is 0 Å². The van der Waals surface area contributed by atoms with Crippen LogP contribution in [0.1, 0.15) is 58.8 Å². The van der Waals surface area contributed by atoms with Crippen molar-refractivity contribution in [2.24, 2.45) is 11.8 Å². The lowest BCUT2D eigenvalue weighted by Gasteiger charge is -2.35. The van der Waals surface area contributed by atoms with E-state index in [0.717, 1.165) is 17.9 Å². The smallest absolute Gasteiger partial charge is 0.0107 e. The fourth-order valence-corrected chi connectivity index (χ4v) is 3.46. The second-order valence-electron chi connectivity index (χ2n) is 6.69. The maximum absolute atomic E-state index is 3.79. The van der Waals surface area contributed by atoms with Crippen molar-refractivity contribution in [1.82, 2.24) is 10.2 Å². The van der Waals surface area contributed by atoms with Gasteiger partial charge in [-0.1, -0.05) is 39.5 Å². The lowest BCUT2D eigenvalue weighted by Crippen LogP contribution is -2.43. The molecule has 2 fully saturated rings. The van der Waals surface area contributed by atoms with Crippen molar-refractivity contribution in [1.29, 1.82) is 0 Å². The van der Waals surface area contributed by atoms with Gasteiger partial charge in [0.1, 0.15) is 0 Å². The lowest BCUT2D eigenvalue weighted by atomic mass is 9.89. The zero-order valence-corrected chi connectivity index (χ0v) is 12.5. The molecule has 1 heterocycles. The molecule has 1 saturated carbocycles. The fraction of sp³-hybridized carbons (Fsp3) is 1.00. The first-order valence-electron chi connectivity index (χ1n) is 8.21. The van der Waals surface area contributed by atoms with Gasteiger partial charge in [-0.05, 0) is 37.6 Å². The number of nitrogens with zero attached hydrogens (tertiary/aromatic N) is 1. The number of piperidine rings is 1. The molecule has 1 N–H and O–H groups in total. The van der Waals surface area contributed by atoms with Gasteiger partial charge in [0.25, 0.3) is 0 Å². The van der Waals surface area contributed by atoms with Gasteiger partial charge in [0, 0.05) is 25.7 Å². The summed E-state index contributed by atoms with van der Waals surface area (Å²) in [5, 5.41) is 3.79. The van der Waals surface area contributed by atoms with Crippen LogP contribution in [0, 0.1) is 11.8 Å². The minimum absolute atomic E-state index is 0.814. The average molecular weight is 252 g/mol. The van der Waals surface area contributed by atoms with E-state index in [0.29, 0.717) is 0 Å². The summed E-state index contributed by atoms with van der Waals surface area (Å²) in [6.07, 6.45) is 10.0. The van der Waals surface area contributed by atoms with E-state index in [2.05, 4.69) is 24.1 Å². The number of likely N-dealkylation sites (tertiary alicyclic amines) is 1. The van der Waals surface area contributed by atoms with Crippen LogP contribution < -0.4 is 5.32 Å². The molecule has 0 amide bonds. The topological polar surface area (TPSA) is 15.3 Å². The van der Waals surface area contributed by atoms with E-state index in [1.807, 2.05) is 0 Å². The van der Waals surface area contributed by atoms with Gasteiger partial charge in [-0.25, -0.2) is 0 Å². The third-order valence-corrected chi connectivity index (χ3v) is 5.13. The molecule has 2 nitrogen and oxygen atoms in total. The van der Waals surface area contributed by atoms with Gasteiger partial charge in [-0.15, -0.1) is 0 Å². The summed E-state index contributed by atoms with van der Waals surface area (Å²) in [6, 6.07) is 0.814. The van der Waals surface area contributed by atoms with E-state index in [-0.39, 0.29) is 0 Å². The summed E-state index contributed by atoms with van der Waals surface area (Å²) in [5.74, 6) is 1.81. The molecule has 2 aliphatic rings. The Morgan fingerprint density at radius 2 is 1.67 bits per heavy atom. The zero-order chi connectivity index (χ0) is 12.8. The van der Waals surface area contributed by atoms with Crippen molar-refractivity contribution in [3.8, 4) is 0 Å². The van der Waals surface area contributed by atoms with Gasteiger partial charge >= 0.3 is 0 Å². The first-order chi connectivity index (χ1) is 8.75. The Labute approximate surface area is 114 Å². The maximum Gasteiger partial charge on any atom is 0.0107 e. The Bertz CT molecular complexity index is 221. The van der Waals surface area contributed by atoms with E-state index in [1.165, 1.54) is 71.1 Å². The number of rotatable bonds is 4. The van der Waals surface area contributed by atoms with Crippen molar-refractivity contribution < 1.29 is 0 Å². The molecule has 0 radical (unpaired) electrons. The molecule has 2 rings (SSSR count). The highest BCUT2D eigenvalue weighted by molar-refractivity contribution is 4.77. The molecule has 18 heavy (non-hydrogen) atoms. The minimum atomic E-state index is 0.814. The van der Waals surface area contributed by atoms with Crippen LogP contribution in [0.15, 0.2) is 0 Å². The van der Waals surface area contributed by atoms with E-state index < -0.39 is 0 Å². The average Bonchev–Trinajstić information content (AvgIpc) is 2.62. The van der Waals surface area contributed by atoms with Gasteiger partial charge in [-0.2, -0.15) is 0 Å². The van der Waals surface area contributed by atoms with Crippen LogP contribution in [0.2, 0.25) is 0 Å². The van der Waals surface area contributed by atoms with Crippen molar-refractivity contribution in [3.63, 3.8) is 0 Å². The molecule has 1 aliphatic carbocycles. The fourth-order valence-electron chi connectivity index (χ4n) is 3.46. The molecule has 0 aromatic rings. The zero-order valence-electron chi connectivity index (χ0n) is 12.5. The molecule has 1 aliphatic heterocycles. The predicted octanol–water partition coefficient (Wildman–Crippen LogP) is 3.28. The quantitative estimate of drug-likeness (QED) is 0.773. The highest BCUT2D eigenvalue weighted by Gasteiger charge is 2.22. The molecule has 0 aromatic heterocycles. The van der Waals surface area contributed by atoms with Crippen molar-refractivity contribution in [2.75, 3.05) is 26.2 Å². The summed E-state index contributed by atoms with van der Waals surface area (Å²) >= 11 is 0. The first-order valence-corrected chi connectivity index (χ1v) is 8.21. The minimum Gasteiger partial charge on any atom is -0.313 e. The van der Waals surface area contributed by atoms with E-state index in [4.69, 9.17) is 0 Å². The van der Waals surface area contributed by atoms with E-state index in [9.17, 15) is 0 Å². The summed E-state index contributed by atoms with van der Waals surface area (Å²) < 4.78 is 0. The molecule has 0 spiro atoms. The summed E-state index contributed by atoms with van der Waals surface area (Å²) in [7, 11) is 0. The Balaban J connectivity index is 1.60. The Hall–Kier alpha value is -0.0800. The van der Waals surface area contributed by atoms with Crippen LogP contribution in [-0.4, -0.2) is 37.1 Å². The van der Waals surface area contributed by atoms with Crippen LogP contribution in [-0.2, 0) is 0 Å². The molecule has 2 atom stereocenters. The Kier molecular flexibility index (Phi) is 5.97.